The highest BCUT2D eigenvalue weighted by Crippen LogP contribution is 2.41. The number of hydrogen-bond donors (Lipinski definition) is 2. The van der Waals surface area contributed by atoms with Crippen molar-refractivity contribution in [1.29, 1.82) is 0 Å². The molecule has 2 fully saturated rings. The molecular formula is C27H35NO6S. The molecular weight excluding hydrogens is 466 g/mol. The molecule has 8 heteroatoms. The van der Waals surface area contributed by atoms with E-state index in [-0.39, 0.29) is 25.2 Å². The van der Waals surface area contributed by atoms with Crippen molar-refractivity contribution in [1.82, 2.24) is 4.72 Å². The highest BCUT2D eigenvalue weighted by atomic mass is 32.2. The van der Waals surface area contributed by atoms with Crippen LogP contribution in [-0.2, 0) is 26.2 Å². The molecule has 190 valence electrons. The van der Waals surface area contributed by atoms with Crippen molar-refractivity contribution in [3.05, 3.63) is 65.7 Å². The lowest BCUT2D eigenvalue weighted by Crippen LogP contribution is -2.39. The molecule has 0 spiro atoms. The van der Waals surface area contributed by atoms with Gasteiger partial charge in [-0.1, -0.05) is 42.5 Å². The predicted molar refractivity (Wildman–Crippen MR) is 134 cm³/mol. The second-order valence-corrected chi connectivity index (χ2v) is 11.8. The molecule has 2 aromatic carbocycles. The van der Waals surface area contributed by atoms with Gasteiger partial charge in [0.15, 0.2) is 0 Å². The van der Waals surface area contributed by atoms with Crippen LogP contribution in [0, 0.1) is 5.41 Å². The number of hydrogen-bond acceptors (Lipinski definition) is 5. The maximum atomic E-state index is 12.1. The van der Waals surface area contributed by atoms with Gasteiger partial charge in [0.2, 0.25) is 10.0 Å². The summed E-state index contributed by atoms with van der Waals surface area (Å²) in [6, 6.07) is 18.0. The summed E-state index contributed by atoms with van der Waals surface area (Å²) in [5.74, 6) is 0.390. The molecule has 7 nitrogen and oxygen atoms in total. The molecule has 35 heavy (non-hydrogen) atoms. The van der Waals surface area contributed by atoms with Crippen molar-refractivity contribution < 1.29 is 27.8 Å². The van der Waals surface area contributed by atoms with Gasteiger partial charge in [0.1, 0.15) is 12.4 Å². The lowest BCUT2D eigenvalue weighted by Gasteiger charge is -2.32. The molecule has 0 aliphatic heterocycles. The SMILES string of the molecule is CS(=O)(=O)N[C@H]1CC[C@](COC2CCC(c3cccc(OCc4ccccc4)c3)CC2)(C(=O)O)C1. The summed E-state index contributed by atoms with van der Waals surface area (Å²) in [5, 5.41) is 9.87. The highest BCUT2D eigenvalue weighted by Gasteiger charge is 2.47. The number of benzene rings is 2. The van der Waals surface area contributed by atoms with Crippen LogP contribution in [0.25, 0.3) is 0 Å². The first-order chi connectivity index (χ1) is 16.7. The highest BCUT2D eigenvalue weighted by molar-refractivity contribution is 7.88. The molecule has 2 atom stereocenters. The Hall–Kier alpha value is -2.42. The molecule has 0 bridgehead atoms. The number of carbonyl (C=O) groups is 1. The minimum atomic E-state index is -3.37. The van der Waals surface area contributed by atoms with E-state index in [1.54, 1.807) is 0 Å². The van der Waals surface area contributed by atoms with E-state index in [1.165, 1.54) is 5.56 Å². The van der Waals surface area contributed by atoms with Gasteiger partial charge in [-0.05, 0) is 74.1 Å². The van der Waals surface area contributed by atoms with Gasteiger partial charge in [-0.15, -0.1) is 0 Å². The Labute approximate surface area is 207 Å². The molecule has 0 unspecified atom stereocenters. The number of ether oxygens (including phenoxy) is 2. The first-order valence-corrected chi connectivity index (χ1v) is 14.2. The predicted octanol–water partition coefficient (Wildman–Crippen LogP) is 4.48. The number of sulfonamides is 1. The number of carboxylic acids is 1. The minimum absolute atomic E-state index is 0.0295. The zero-order valence-corrected chi connectivity index (χ0v) is 21.0. The summed E-state index contributed by atoms with van der Waals surface area (Å²) >= 11 is 0. The Balaban J connectivity index is 1.27. The van der Waals surface area contributed by atoms with E-state index in [2.05, 4.69) is 16.9 Å². The third kappa shape index (κ3) is 7.06. The van der Waals surface area contributed by atoms with E-state index in [0.29, 0.717) is 25.4 Å². The van der Waals surface area contributed by atoms with Crippen LogP contribution in [0.5, 0.6) is 5.75 Å². The third-order valence-corrected chi connectivity index (χ3v) is 8.05. The van der Waals surface area contributed by atoms with E-state index in [1.807, 2.05) is 42.5 Å². The first kappa shape index (κ1) is 25.7. The van der Waals surface area contributed by atoms with Crippen molar-refractivity contribution >= 4 is 16.0 Å². The number of nitrogens with one attached hydrogen (secondary N) is 1. The number of aliphatic carboxylic acids is 1. The molecule has 2 aliphatic rings. The summed E-state index contributed by atoms with van der Waals surface area (Å²) in [7, 11) is -3.37. The number of rotatable bonds is 10. The average Bonchev–Trinajstić information content (AvgIpc) is 3.25. The summed E-state index contributed by atoms with van der Waals surface area (Å²) in [4.78, 5) is 12.1. The molecule has 0 saturated heterocycles. The second kappa shape index (κ2) is 11.1. The van der Waals surface area contributed by atoms with E-state index < -0.39 is 21.4 Å². The maximum absolute atomic E-state index is 12.1. The molecule has 0 radical (unpaired) electrons. The molecule has 0 aromatic heterocycles. The van der Waals surface area contributed by atoms with Gasteiger partial charge in [-0.25, -0.2) is 13.1 Å². The van der Waals surface area contributed by atoms with Gasteiger partial charge < -0.3 is 14.6 Å². The Morgan fingerprint density at radius 2 is 1.80 bits per heavy atom. The molecule has 2 aliphatic carbocycles. The van der Waals surface area contributed by atoms with Crippen molar-refractivity contribution in [2.24, 2.45) is 5.41 Å². The second-order valence-electron chi connectivity index (χ2n) is 10.0. The minimum Gasteiger partial charge on any atom is -0.489 e. The van der Waals surface area contributed by atoms with Gasteiger partial charge in [0.05, 0.1) is 24.4 Å². The zero-order chi connectivity index (χ0) is 24.9. The molecule has 4 rings (SSSR count). The Kier molecular flexibility index (Phi) is 8.14. The summed E-state index contributed by atoms with van der Waals surface area (Å²) < 4.78 is 37.8. The number of carboxylic acid groups (broad SMARTS) is 1. The fourth-order valence-corrected chi connectivity index (χ4v) is 6.16. The monoisotopic (exact) mass is 501 g/mol. The van der Waals surface area contributed by atoms with E-state index >= 15 is 0 Å². The van der Waals surface area contributed by atoms with E-state index in [4.69, 9.17) is 9.47 Å². The first-order valence-electron chi connectivity index (χ1n) is 12.3. The summed E-state index contributed by atoms with van der Waals surface area (Å²) in [5.41, 5.74) is 1.38. The van der Waals surface area contributed by atoms with Crippen LogP contribution in [0.3, 0.4) is 0 Å². The van der Waals surface area contributed by atoms with E-state index in [9.17, 15) is 18.3 Å². The van der Waals surface area contributed by atoms with Crippen molar-refractivity contribution in [3.8, 4) is 5.75 Å². The molecule has 0 amide bonds. The normalized spacial score (nSPS) is 26.9. The van der Waals surface area contributed by atoms with E-state index in [0.717, 1.165) is 43.3 Å². The smallest absolute Gasteiger partial charge is 0.312 e. The van der Waals surface area contributed by atoms with Gasteiger partial charge >= 0.3 is 5.97 Å². The van der Waals surface area contributed by atoms with Crippen LogP contribution in [-0.4, -0.2) is 44.5 Å². The van der Waals surface area contributed by atoms with Gasteiger partial charge in [0, 0.05) is 6.04 Å². The van der Waals surface area contributed by atoms with Crippen LogP contribution >= 0.6 is 0 Å². The summed E-state index contributed by atoms with van der Waals surface area (Å²) in [6.45, 7) is 0.666. The van der Waals surface area contributed by atoms with Crippen LogP contribution < -0.4 is 9.46 Å². The van der Waals surface area contributed by atoms with Gasteiger partial charge in [0.25, 0.3) is 0 Å². The van der Waals surface area contributed by atoms with Crippen LogP contribution in [0.2, 0.25) is 0 Å². The molecule has 2 saturated carbocycles. The molecule has 0 heterocycles. The van der Waals surface area contributed by atoms with Crippen molar-refractivity contribution in [2.45, 2.75) is 69.6 Å². The Morgan fingerprint density at radius 3 is 2.49 bits per heavy atom. The average molecular weight is 502 g/mol. The standard InChI is InChI=1S/C27H35NO6S/c1-35(31,32)28-23-14-15-27(17-23,26(29)30)19-34-24-12-10-21(11-13-24)22-8-5-9-25(16-22)33-18-20-6-3-2-4-7-20/h2-9,16,21,23-24,28H,10-15,17-19H2,1H3,(H,29,30)/t21?,23-,24?,27-/m0/s1. The fourth-order valence-electron chi connectivity index (χ4n) is 5.36. The van der Waals surface area contributed by atoms with Gasteiger partial charge in [-0.3, -0.25) is 4.79 Å². The van der Waals surface area contributed by atoms with Crippen LogP contribution in [0.4, 0.5) is 0 Å². The summed E-state index contributed by atoms with van der Waals surface area (Å²) in [6.07, 6.45) is 6.03. The molecule has 2 N–H and O–H groups in total. The largest absolute Gasteiger partial charge is 0.489 e. The zero-order valence-electron chi connectivity index (χ0n) is 20.2. The fraction of sp³-hybridized carbons (Fsp3) is 0.519. The molecule has 2 aromatic rings. The Bertz CT molecular complexity index is 1100. The Morgan fingerprint density at radius 1 is 1.06 bits per heavy atom. The van der Waals surface area contributed by atoms with Crippen LogP contribution in [0.15, 0.2) is 54.6 Å². The lowest BCUT2D eigenvalue weighted by atomic mass is 9.82. The topological polar surface area (TPSA) is 102 Å². The van der Waals surface area contributed by atoms with Crippen molar-refractivity contribution in [2.75, 3.05) is 12.9 Å². The maximum Gasteiger partial charge on any atom is 0.312 e. The van der Waals surface area contributed by atoms with Crippen molar-refractivity contribution in [3.63, 3.8) is 0 Å². The van der Waals surface area contributed by atoms with Gasteiger partial charge in [-0.2, -0.15) is 0 Å². The lowest BCUT2D eigenvalue weighted by molar-refractivity contribution is -0.154. The third-order valence-electron chi connectivity index (χ3n) is 7.29. The quantitative estimate of drug-likeness (QED) is 0.498. The van der Waals surface area contributed by atoms with Crippen LogP contribution in [0.1, 0.15) is 62.0 Å².